The van der Waals surface area contributed by atoms with Crippen LogP contribution in [0.25, 0.3) is 10.2 Å². The summed E-state index contributed by atoms with van der Waals surface area (Å²) in [5, 5.41) is 21.9. The monoisotopic (exact) mass is 520 g/mol. The maximum Gasteiger partial charge on any atom is 0.303 e. The van der Waals surface area contributed by atoms with Crippen molar-refractivity contribution in [3.8, 4) is 5.75 Å². The predicted molar refractivity (Wildman–Crippen MR) is 141 cm³/mol. The first-order valence-corrected chi connectivity index (χ1v) is 13.1. The minimum Gasteiger partial charge on any atom is -0.495 e. The van der Waals surface area contributed by atoms with Gasteiger partial charge in [-0.2, -0.15) is 0 Å². The number of ether oxygens (including phenoxy) is 1. The Kier molecular flexibility index (Phi) is 10.5. The molecule has 5 N–H and O–H groups in total. The van der Waals surface area contributed by atoms with Crippen molar-refractivity contribution in [2.75, 3.05) is 25.6 Å². The number of thiophene rings is 1. The van der Waals surface area contributed by atoms with Crippen LogP contribution in [0.5, 0.6) is 5.75 Å². The number of unbranched alkanes of at least 4 members (excludes halogenated alkanes) is 1. The van der Waals surface area contributed by atoms with Gasteiger partial charge >= 0.3 is 5.97 Å². The molecule has 0 spiro atoms. The minimum absolute atomic E-state index is 0.0972. The van der Waals surface area contributed by atoms with E-state index < -0.39 is 5.97 Å². The molecule has 3 aromatic rings. The van der Waals surface area contributed by atoms with Crippen molar-refractivity contribution >= 4 is 44.9 Å². The molecule has 0 unspecified atom stereocenters. The Bertz CT molecular complexity index is 1140. The molecule has 0 aliphatic heterocycles. The van der Waals surface area contributed by atoms with Crippen molar-refractivity contribution in [2.24, 2.45) is 5.73 Å². The van der Waals surface area contributed by atoms with Crippen LogP contribution < -0.4 is 15.8 Å². The van der Waals surface area contributed by atoms with Gasteiger partial charge in [0.15, 0.2) is 0 Å². The smallest absolute Gasteiger partial charge is 0.303 e. The summed E-state index contributed by atoms with van der Waals surface area (Å²) in [6, 6.07) is 5.77. The van der Waals surface area contributed by atoms with Gasteiger partial charge < -0.3 is 26.0 Å². The van der Waals surface area contributed by atoms with Gasteiger partial charge in [-0.3, -0.25) is 4.79 Å². The molecule has 0 saturated carbocycles. The molecule has 1 aliphatic carbocycles. The summed E-state index contributed by atoms with van der Waals surface area (Å²) < 4.78 is 5.24. The third kappa shape index (κ3) is 7.51. The number of carboxylic acids is 1. The molecule has 1 aliphatic rings. The SMILES string of the molecule is COc1ccc(CNc2nc(CCCCC(=O)O)nc3sc4c(c23)CCCC4)cc1Cl.NCCO. The molecule has 1 aromatic carbocycles. The van der Waals surface area contributed by atoms with E-state index in [1.807, 2.05) is 18.2 Å². The zero-order chi connectivity index (χ0) is 25.2. The molecule has 190 valence electrons. The summed E-state index contributed by atoms with van der Waals surface area (Å²) in [5.74, 6) is 1.53. The van der Waals surface area contributed by atoms with Crippen LogP contribution in [0.15, 0.2) is 18.2 Å². The van der Waals surface area contributed by atoms with Crippen LogP contribution in [0.3, 0.4) is 0 Å². The Balaban J connectivity index is 0.000000795. The van der Waals surface area contributed by atoms with Crippen molar-refractivity contribution in [3.05, 3.63) is 45.1 Å². The second-order valence-electron chi connectivity index (χ2n) is 8.32. The number of halogens is 1. The fourth-order valence-corrected chi connectivity index (χ4v) is 5.57. The van der Waals surface area contributed by atoms with Gasteiger partial charge in [-0.05, 0) is 61.8 Å². The number of hydrogen-bond donors (Lipinski definition) is 4. The van der Waals surface area contributed by atoms with Gasteiger partial charge in [0.05, 0.1) is 24.1 Å². The van der Waals surface area contributed by atoms with E-state index in [0.717, 1.165) is 46.7 Å². The quantitative estimate of drug-likeness (QED) is 0.286. The Labute approximate surface area is 214 Å². The standard InChI is InChI=1S/C23H26ClN3O3S.C2H7NO/c1-30-17-11-10-14(12-16(17)24)13-25-22-21-15-6-2-3-7-18(15)31-23(21)27-19(26-22)8-4-5-9-20(28)29;3-1-2-4/h10-12H,2-9,13H2,1H3,(H,28,29)(H,25,26,27);4H,1-3H2. The molecule has 2 heterocycles. The highest BCUT2D eigenvalue weighted by Crippen LogP contribution is 2.39. The Morgan fingerprint density at radius 1 is 1.26 bits per heavy atom. The van der Waals surface area contributed by atoms with E-state index in [-0.39, 0.29) is 13.0 Å². The molecular formula is C25H33ClN4O4S. The lowest BCUT2D eigenvalue weighted by Gasteiger charge is -2.14. The van der Waals surface area contributed by atoms with E-state index in [0.29, 0.717) is 36.7 Å². The summed E-state index contributed by atoms with van der Waals surface area (Å²) >= 11 is 8.06. The number of aryl methyl sites for hydroxylation is 3. The molecule has 0 bridgehead atoms. The number of anilines is 1. The number of nitrogens with zero attached hydrogens (tertiary/aromatic N) is 2. The van der Waals surface area contributed by atoms with Gasteiger partial charge in [-0.25, -0.2) is 9.97 Å². The molecule has 0 atom stereocenters. The lowest BCUT2D eigenvalue weighted by molar-refractivity contribution is -0.137. The average Bonchev–Trinajstić information content (AvgIpc) is 3.24. The van der Waals surface area contributed by atoms with Crippen LogP contribution in [0.2, 0.25) is 5.02 Å². The fraction of sp³-hybridized carbons (Fsp3) is 0.480. The molecule has 8 nitrogen and oxygen atoms in total. The molecule has 0 fully saturated rings. The van der Waals surface area contributed by atoms with Crippen LogP contribution in [-0.4, -0.2) is 46.4 Å². The molecular weight excluding hydrogens is 488 g/mol. The highest BCUT2D eigenvalue weighted by Gasteiger charge is 2.21. The van der Waals surface area contributed by atoms with Crippen LogP contribution in [-0.2, 0) is 30.6 Å². The highest BCUT2D eigenvalue weighted by atomic mass is 35.5. The normalized spacial score (nSPS) is 12.6. The van der Waals surface area contributed by atoms with Gasteiger partial charge in [0, 0.05) is 30.8 Å². The van der Waals surface area contributed by atoms with Crippen molar-refractivity contribution in [1.29, 1.82) is 0 Å². The number of fused-ring (bicyclic) bond motifs is 3. The lowest BCUT2D eigenvalue weighted by atomic mass is 9.97. The molecule has 2 aromatic heterocycles. The third-order valence-corrected chi connectivity index (χ3v) is 7.19. The van der Waals surface area contributed by atoms with Gasteiger partial charge in [0.2, 0.25) is 0 Å². The molecule has 35 heavy (non-hydrogen) atoms. The third-order valence-electron chi connectivity index (χ3n) is 5.71. The van der Waals surface area contributed by atoms with Crippen molar-refractivity contribution in [2.45, 2.75) is 57.9 Å². The number of aliphatic hydroxyl groups excluding tert-OH is 1. The molecule has 0 amide bonds. The largest absolute Gasteiger partial charge is 0.495 e. The number of hydrogen-bond acceptors (Lipinski definition) is 8. The van der Waals surface area contributed by atoms with E-state index in [1.165, 1.54) is 23.3 Å². The summed E-state index contributed by atoms with van der Waals surface area (Å²) in [4.78, 5) is 22.9. The summed E-state index contributed by atoms with van der Waals surface area (Å²) in [7, 11) is 1.61. The topological polar surface area (TPSA) is 131 Å². The zero-order valence-corrected chi connectivity index (χ0v) is 21.6. The Morgan fingerprint density at radius 3 is 2.71 bits per heavy atom. The number of nitrogens with two attached hydrogens (primary N) is 1. The molecule has 4 rings (SSSR count). The van der Waals surface area contributed by atoms with E-state index >= 15 is 0 Å². The van der Waals surface area contributed by atoms with E-state index in [1.54, 1.807) is 18.4 Å². The van der Waals surface area contributed by atoms with Crippen LogP contribution in [0.1, 0.15) is 53.9 Å². The maximum atomic E-state index is 10.8. The number of aromatic nitrogens is 2. The van der Waals surface area contributed by atoms with Crippen LogP contribution >= 0.6 is 22.9 Å². The number of aliphatic carboxylic acids is 1. The molecule has 0 saturated heterocycles. The second kappa shape index (κ2) is 13.6. The van der Waals surface area contributed by atoms with Gasteiger partial charge in [0.25, 0.3) is 0 Å². The summed E-state index contributed by atoms with van der Waals surface area (Å²) in [5.41, 5.74) is 7.21. The first-order chi connectivity index (χ1) is 17.0. The summed E-state index contributed by atoms with van der Waals surface area (Å²) in [6.07, 6.45) is 6.85. The first-order valence-electron chi connectivity index (χ1n) is 11.9. The molecule has 0 radical (unpaired) electrons. The lowest BCUT2D eigenvalue weighted by Crippen LogP contribution is -2.07. The number of rotatable bonds is 10. The second-order valence-corrected chi connectivity index (χ2v) is 9.81. The number of methoxy groups -OCH3 is 1. The first kappa shape index (κ1) is 27.1. The Morgan fingerprint density at radius 2 is 2.03 bits per heavy atom. The van der Waals surface area contributed by atoms with Gasteiger partial charge in [-0.15, -0.1) is 11.3 Å². The van der Waals surface area contributed by atoms with Gasteiger partial charge in [0.1, 0.15) is 22.2 Å². The minimum atomic E-state index is -0.761. The van der Waals surface area contributed by atoms with E-state index in [9.17, 15) is 4.79 Å². The number of carboxylic acid groups (broad SMARTS) is 1. The Hall–Kier alpha value is -2.46. The van der Waals surface area contributed by atoms with Crippen molar-refractivity contribution < 1.29 is 19.7 Å². The number of benzene rings is 1. The predicted octanol–water partition coefficient (Wildman–Crippen LogP) is 4.58. The van der Waals surface area contributed by atoms with Crippen molar-refractivity contribution in [1.82, 2.24) is 9.97 Å². The average molecular weight is 521 g/mol. The van der Waals surface area contributed by atoms with Crippen LogP contribution in [0, 0.1) is 0 Å². The van der Waals surface area contributed by atoms with E-state index in [4.69, 9.17) is 42.3 Å². The maximum absolute atomic E-state index is 10.8. The summed E-state index contributed by atoms with van der Waals surface area (Å²) in [6.45, 7) is 1.07. The molecule has 10 heteroatoms. The number of carbonyl (C=O) groups is 1. The highest BCUT2D eigenvalue weighted by molar-refractivity contribution is 7.19. The van der Waals surface area contributed by atoms with E-state index in [2.05, 4.69) is 5.32 Å². The zero-order valence-electron chi connectivity index (χ0n) is 20.0. The van der Waals surface area contributed by atoms with Crippen LogP contribution in [0.4, 0.5) is 5.82 Å². The van der Waals surface area contributed by atoms with Crippen molar-refractivity contribution in [3.63, 3.8) is 0 Å². The number of aliphatic hydroxyl groups is 1. The van der Waals surface area contributed by atoms with Gasteiger partial charge in [-0.1, -0.05) is 17.7 Å². The number of nitrogens with one attached hydrogen (secondary N) is 1. The fourth-order valence-electron chi connectivity index (χ4n) is 4.01.